The van der Waals surface area contributed by atoms with Gasteiger partial charge in [0.25, 0.3) is 0 Å². The molecule has 0 heterocycles. The lowest BCUT2D eigenvalue weighted by Gasteiger charge is -2.26. The fraction of sp³-hybridized carbons (Fsp3) is 0.667. The van der Waals surface area contributed by atoms with Gasteiger partial charge in [-0.1, -0.05) is 43.2 Å². The normalized spacial score (nSPS) is 13.0. The van der Waals surface area contributed by atoms with Crippen LogP contribution in [-0.4, -0.2) is 71.5 Å². The van der Waals surface area contributed by atoms with E-state index in [1.807, 2.05) is 0 Å². The summed E-state index contributed by atoms with van der Waals surface area (Å²) >= 11 is 0. The van der Waals surface area contributed by atoms with E-state index in [1.54, 1.807) is 7.05 Å². The number of likely N-dealkylation sites (N-methyl/N-ethyl adjacent to an activating group) is 1. The van der Waals surface area contributed by atoms with Crippen molar-refractivity contribution in [3.05, 3.63) is 35.4 Å². The third-order valence-electron chi connectivity index (χ3n) is 4.33. The van der Waals surface area contributed by atoms with Gasteiger partial charge < -0.3 is 25.0 Å². The van der Waals surface area contributed by atoms with Crippen LogP contribution < -0.4 is 10.6 Å². The highest BCUT2D eigenvalue weighted by molar-refractivity contribution is 5.79. The van der Waals surface area contributed by atoms with Gasteiger partial charge in [-0.25, -0.2) is 0 Å². The molecule has 6 heteroatoms. The standard InChI is InChI=1S/C21H38N4O2/c1-6-7-13-26-15-16-27-14-12-23-21(22-3)24-17-20(25(4)5)19-10-8-18(2)9-11-19/h8-11,20H,6-7,12-17H2,1-5H3,(H2,22,23,24). The number of ether oxygens (including phenoxy) is 2. The van der Waals surface area contributed by atoms with Crippen LogP contribution in [0.4, 0.5) is 0 Å². The van der Waals surface area contributed by atoms with Gasteiger partial charge in [0.15, 0.2) is 5.96 Å². The van der Waals surface area contributed by atoms with Gasteiger partial charge in [0.1, 0.15) is 0 Å². The summed E-state index contributed by atoms with van der Waals surface area (Å²) in [4.78, 5) is 6.51. The zero-order chi connectivity index (χ0) is 19.9. The molecule has 1 rings (SSSR count). The van der Waals surface area contributed by atoms with E-state index in [9.17, 15) is 0 Å². The number of nitrogens with zero attached hydrogens (tertiary/aromatic N) is 2. The van der Waals surface area contributed by atoms with Gasteiger partial charge in [0.05, 0.1) is 25.9 Å². The molecule has 1 atom stereocenters. The van der Waals surface area contributed by atoms with Crippen LogP contribution in [0.3, 0.4) is 0 Å². The highest BCUT2D eigenvalue weighted by Gasteiger charge is 2.14. The summed E-state index contributed by atoms with van der Waals surface area (Å²) in [5, 5.41) is 6.70. The van der Waals surface area contributed by atoms with Gasteiger partial charge in [-0.3, -0.25) is 4.99 Å². The van der Waals surface area contributed by atoms with Gasteiger partial charge in [-0.15, -0.1) is 0 Å². The maximum Gasteiger partial charge on any atom is 0.191 e. The second kappa shape index (κ2) is 14.4. The van der Waals surface area contributed by atoms with Crippen LogP contribution in [0.25, 0.3) is 0 Å². The second-order valence-corrected chi connectivity index (χ2v) is 6.85. The minimum absolute atomic E-state index is 0.278. The van der Waals surface area contributed by atoms with Crippen molar-refractivity contribution in [2.24, 2.45) is 4.99 Å². The molecule has 1 aromatic rings. The molecule has 0 amide bonds. The number of guanidine groups is 1. The maximum absolute atomic E-state index is 5.57. The fourth-order valence-corrected chi connectivity index (χ4v) is 2.61. The maximum atomic E-state index is 5.57. The van der Waals surface area contributed by atoms with E-state index < -0.39 is 0 Å². The SMILES string of the molecule is CCCCOCCOCCNC(=NC)NCC(c1ccc(C)cc1)N(C)C. The lowest BCUT2D eigenvalue weighted by Crippen LogP contribution is -2.42. The molecule has 0 aliphatic rings. The predicted octanol–water partition coefficient (Wildman–Crippen LogP) is 2.60. The van der Waals surface area contributed by atoms with Crippen molar-refractivity contribution in [2.45, 2.75) is 32.7 Å². The van der Waals surface area contributed by atoms with Crippen molar-refractivity contribution in [2.75, 3.05) is 60.7 Å². The Hall–Kier alpha value is -1.63. The molecule has 154 valence electrons. The Morgan fingerprint density at radius 3 is 2.30 bits per heavy atom. The number of aryl methyl sites for hydroxylation is 1. The van der Waals surface area contributed by atoms with Crippen molar-refractivity contribution in [3.63, 3.8) is 0 Å². The van der Waals surface area contributed by atoms with Crippen LogP contribution in [0.2, 0.25) is 0 Å². The van der Waals surface area contributed by atoms with E-state index in [1.165, 1.54) is 11.1 Å². The smallest absolute Gasteiger partial charge is 0.191 e. The minimum atomic E-state index is 0.278. The molecule has 6 nitrogen and oxygen atoms in total. The molecule has 0 saturated heterocycles. The van der Waals surface area contributed by atoms with Crippen LogP contribution in [-0.2, 0) is 9.47 Å². The van der Waals surface area contributed by atoms with E-state index in [-0.39, 0.29) is 6.04 Å². The molecule has 2 N–H and O–H groups in total. The first kappa shape index (κ1) is 23.4. The molecule has 0 fully saturated rings. The van der Waals surface area contributed by atoms with Crippen LogP contribution in [0.15, 0.2) is 29.3 Å². The van der Waals surface area contributed by atoms with Crippen molar-refractivity contribution >= 4 is 5.96 Å². The molecular formula is C21H38N4O2. The summed E-state index contributed by atoms with van der Waals surface area (Å²) in [6, 6.07) is 8.97. The summed E-state index contributed by atoms with van der Waals surface area (Å²) < 4.78 is 11.0. The number of unbranched alkanes of at least 4 members (excludes halogenated alkanes) is 1. The van der Waals surface area contributed by atoms with Crippen molar-refractivity contribution < 1.29 is 9.47 Å². The number of hydrogen-bond donors (Lipinski definition) is 2. The average Bonchev–Trinajstić information content (AvgIpc) is 2.66. The van der Waals surface area contributed by atoms with Crippen LogP contribution in [0, 0.1) is 6.92 Å². The topological polar surface area (TPSA) is 58.1 Å². The van der Waals surface area contributed by atoms with Gasteiger partial charge in [-0.2, -0.15) is 0 Å². The van der Waals surface area contributed by atoms with Crippen molar-refractivity contribution in [3.8, 4) is 0 Å². The molecule has 0 radical (unpaired) electrons. The second-order valence-electron chi connectivity index (χ2n) is 6.85. The Morgan fingerprint density at radius 2 is 1.70 bits per heavy atom. The molecule has 0 aliphatic heterocycles. The van der Waals surface area contributed by atoms with Crippen molar-refractivity contribution in [1.29, 1.82) is 0 Å². The first-order valence-electron chi connectivity index (χ1n) is 9.91. The van der Waals surface area contributed by atoms with Crippen molar-refractivity contribution in [1.82, 2.24) is 15.5 Å². The van der Waals surface area contributed by atoms with E-state index in [4.69, 9.17) is 9.47 Å². The van der Waals surface area contributed by atoms with Gasteiger partial charge in [0.2, 0.25) is 0 Å². The Bertz CT molecular complexity index is 517. The first-order chi connectivity index (χ1) is 13.1. The summed E-state index contributed by atoms with van der Waals surface area (Å²) in [6.45, 7) is 8.51. The molecule has 1 aromatic carbocycles. The number of aliphatic imine (C=N–C) groups is 1. The monoisotopic (exact) mass is 378 g/mol. The first-order valence-corrected chi connectivity index (χ1v) is 9.91. The molecule has 1 unspecified atom stereocenters. The number of benzene rings is 1. The Morgan fingerprint density at radius 1 is 1.04 bits per heavy atom. The zero-order valence-corrected chi connectivity index (χ0v) is 17.8. The van der Waals surface area contributed by atoms with Gasteiger partial charge >= 0.3 is 0 Å². The number of hydrogen-bond acceptors (Lipinski definition) is 4. The highest BCUT2D eigenvalue weighted by Crippen LogP contribution is 2.17. The summed E-state index contributed by atoms with van der Waals surface area (Å²) in [5.41, 5.74) is 2.57. The highest BCUT2D eigenvalue weighted by atomic mass is 16.5. The molecule has 0 spiro atoms. The van der Waals surface area contributed by atoms with Crippen LogP contribution in [0.1, 0.15) is 36.9 Å². The largest absolute Gasteiger partial charge is 0.379 e. The van der Waals surface area contributed by atoms with E-state index in [2.05, 4.69) is 72.7 Å². The van der Waals surface area contributed by atoms with E-state index in [0.717, 1.165) is 32.0 Å². The third kappa shape index (κ3) is 10.3. The molecule has 0 saturated carbocycles. The Balaban J connectivity index is 2.27. The fourth-order valence-electron chi connectivity index (χ4n) is 2.61. The molecular weight excluding hydrogens is 340 g/mol. The average molecular weight is 379 g/mol. The van der Waals surface area contributed by atoms with E-state index in [0.29, 0.717) is 26.4 Å². The summed E-state index contributed by atoms with van der Waals surface area (Å²) in [5.74, 6) is 0.789. The molecule has 0 aliphatic carbocycles. The lowest BCUT2D eigenvalue weighted by molar-refractivity contribution is 0.0487. The van der Waals surface area contributed by atoms with Gasteiger partial charge in [-0.05, 0) is 33.0 Å². The predicted molar refractivity (Wildman–Crippen MR) is 114 cm³/mol. The quantitative estimate of drug-likeness (QED) is 0.314. The molecule has 0 bridgehead atoms. The third-order valence-corrected chi connectivity index (χ3v) is 4.33. The Labute approximate surface area is 165 Å². The Kier molecular flexibility index (Phi) is 12.5. The number of rotatable bonds is 13. The summed E-state index contributed by atoms with van der Waals surface area (Å²) in [6.07, 6.45) is 2.27. The minimum Gasteiger partial charge on any atom is -0.379 e. The summed E-state index contributed by atoms with van der Waals surface area (Å²) in [7, 11) is 5.98. The van der Waals surface area contributed by atoms with Gasteiger partial charge in [0, 0.05) is 26.7 Å². The molecule has 0 aromatic heterocycles. The van der Waals surface area contributed by atoms with Crippen LogP contribution >= 0.6 is 0 Å². The van der Waals surface area contributed by atoms with Crippen LogP contribution in [0.5, 0.6) is 0 Å². The lowest BCUT2D eigenvalue weighted by atomic mass is 10.0. The zero-order valence-electron chi connectivity index (χ0n) is 17.8. The number of nitrogens with one attached hydrogen (secondary N) is 2. The molecule has 27 heavy (non-hydrogen) atoms. The van der Waals surface area contributed by atoms with E-state index >= 15 is 0 Å².